The Morgan fingerprint density at radius 2 is 1.53 bits per heavy atom. The standard InChI is InChI=1S/C14H22O2Si/c1-4-17(5-2,6-3)13-9-7-12(8-10-13)11-14(15)16/h7-10H,4-6,11H2,1-3H3,(H,15,16). The van der Waals surface area contributed by atoms with Crippen molar-refractivity contribution in [1.82, 2.24) is 0 Å². The van der Waals surface area contributed by atoms with Crippen LogP contribution in [-0.2, 0) is 11.2 Å². The van der Waals surface area contributed by atoms with E-state index in [9.17, 15) is 4.79 Å². The first kappa shape index (κ1) is 14.0. The molecule has 0 saturated heterocycles. The van der Waals surface area contributed by atoms with E-state index in [1.807, 2.05) is 12.1 Å². The van der Waals surface area contributed by atoms with Crippen molar-refractivity contribution in [3.05, 3.63) is 29.8 Å². The van der Waals surface area contributed by atoms with Crippen LogP contribution in [0.15, 0.2) is 24.3 Å². The Bertz CT molecular complexity index is 358. The van der Waals surface area contributed by atoms with Gasteiger partial charge in [0.1, 0.15) is 0 Å². The topological polar surface area (TPSA) is 37.3 Å². The number of hydrogen-bond donors (Lipinski definition) is 1. The van der Waals surface area contributed by atoms with Gasteiger partial charge >= 0.3 is 5.97 Å². The van der Waals surface area contributed by atoms with Gasteiger partial charge in [-0.25, -0.2) is 0 Å². The van der Waals surface area contributed by atoms with Gasteiger partial charge in [-0.1, -0.05) is 68.4 Å². The quantitative estimate of drug-likeness (QED) is 0.788. The zero-order valence-corrected chi connectivity index (χ0v) is 12.0. The third-order valence-corrected chi connectivity index (χ3v) is 9.57. The first-order chi connectivity index (χ1) is 8.07. The molecule has 0 unspecified atom stereocenters. The van der Waals surface area contributed by atoms with E-state index in [2.05, 4.69) is 32.9 Å². The van der Waals surface area contributed by atoms with Crippen molar-refractivity contribution >= 4 is 19.2 Å². The first-order valence-corrected chi connectivity index (χ1v) is 9.01. The van der Waals surface area contributed by atoms with Gasteiger partial charge in [-0.15, -0.1) is 0 Å². The van der Waals surface area contributed by atoms with Gasteiger partial charge in [-0.3, -0.25) is 4.79 Å². The lowest BCUT2D eigenvalue weighted by Gasteiger charge is -2.28. The molecule has 0 spiro atoms. The summed E-state index contributed by atoms with van der Waals surface area (Å²) in [6, 6.07) is 12.1. The summed E-state index contributed by atoms with van der Waals surface area (Å²) in [5, 5.41) is 10.2. The zero-order valence-electron chi connectivity index (χ0n) is 11.0. The molecule has 2 nitrogen and oxygen atoms in total. The Balaban J connectivity index is 2.96. The molecule has 0 heterocycles. The molecular formula is C14H22O2Si. The molecule has 1 aromatic rings. The fourth-order valence-corrected chi connectivity index (χ4v) is 6.11. The number of benzene rings is 1. The highest BCUT2D eigenvalue weighted by Gasteiger charge is 2.28. The van der Waals surface area contributed by atoms with Crippen molar-refractivity contribution in [2.75, 3.05) is 0 Å². The molecule has 0 aromatic heterocycles. The normalized spacial score (nSPS) is 11.5. The van der Waals surface area contributed by atoms with Gasteiger partial charge in [0.25, 0.3) is 0 Å². The van der Waals surface area contributed by atoms with Gasteiger partial charge in [0.05, 0.1) is 14.5 Å². The summed E-state index contributed by atoms with van der Waals surface area (Å²) in [7, 11) is -1.30. The van der Waals surface area contributed by atoms with Crippen molar-refractivity contribution in [3.63, 3.8) is 0 Å². The summed E-state index contributed by atoms with van der Waals surface area (Å²) in [6.07, 6.45) is 0.124. The number of aliphatic carboxylic acids is 1. The van der Waals surface area contributed by atoms with Gasteiger partial charge < -0.3 is 5.11 Å². The lowest BCUT2D eigenvalue weighted by molar-refractivity contribution is -0.136. The summed E-state index contributed by atoms with van der Waals surface area (Å²) in [4.78, 5) is 10.6. The Hall–Kier alpha value is -1.09. The maximum Gasteiger partial charge on any atom is 0.307 e. The van der Waals surface area contributed by atoms with Gasteiger partial charge in [0.2, 0.25) is 0 Å². The molecule has 0 aliphatic carbocycles. The molecule has 1 N–H and O–H groups in total. The molecule has 0 fully saturated rings. The van der Waals surface area contributed by atoms with E-state index in [0.29, 0.717) is 0 Å². The number of carbonyl (C=O) groups is 1. The van der Waals surface area contributed by atoms with E-state index in [-0.39, 0.29) is 6.42 Å². The molecule has 0 bridgehead atoms. The molecule has 1 aromatic carbocycles. The zero-order chi connectivity index (χ0) is 12.9. The van der Waals surface area contributed by atoms with Crippen LogP contribution in [0.1, 0.15) is 26.3 Å². The van der Waals surface area contributed by atoms with Crippen LogP contribution in [-0.4, -0.2) is 19.1 Å². The number of carboxylic acids is 1. The van der Waals surface area contributed by atoms with Gasteiger partial charge in [0.15, 0.2) is 0 Å². The summed E-state index contributed by atoms with van der Waals surface area (Å²) in [5.41, 5.74) is 0.896. The molecule has 1 rings (SSSR count). The summed E-state index contributed by atoms with van der Waals surface area (Å²) < 4.78 is 0. The van der Waals surface area contributed by atoms with Crippen LogP contribution in [0.3, 0.4) is 0 Å². The van der Waals surface area contributed by atoms with Crippen LogP contribution in [0.4, 0.5) is 0 Å². The average molecular weight is 250 g/mol. The Kier molecular flexibility index (Phi) is 4.94. The van der Waals surface area contributed by atoms with Crippen LogP contribution in [0.5, 0.6) is 0 Å². The highest BCUT2D eigenvalue weighted by molar-refractivity contribution is 6.91. The Morgan fingerprint density at radius 1 is 1.06 bits per heavy atom. The fraction of sp³-hybridized carbons (Fsp3) is 0.500. The van der Waals surface area contributed by atoms with Crippen LogP contribution < -0.4 is 5.19 Å². The number of hydrogen-bond acceptors (Lipinski definition) is 1. The highest BCUT2D eigenvalue weighted by Crippen LogP contribution is 2.20. The smallest absolute Gasteiger partial charge is 0.307 e. The molecule has 3 heteroatoms. The molecule has 0 radical (unpaired) electrons. The van der Waals surface area contributed by atoms with Crippen molar-refractivity contribution in [2.24, 2.45) is 0 Å². The summed E-state index contributed by atoms with van der Waals surface area (Å²) in [5.74, 6) is -0.761. The van der Waals surface area contributed by atoms with E-state index < -0.39 is 14.0 Å². The molecular weight excluding hydrogens is 228 g/mol. The largest absolute Gasteiger partial charge is 0.481 e. The monoisotopic (exact) mass is 250 g/mol. The predicted octanol–water partition coefficient (Wildman–Crippen LogP) is 3.03. The third-order valence-electron chi connectivity index (χ3n) is 3.95. The van der Waals surface area contributed by atoms with Crippen LogP contribution in [0.2, 0.25) is 18.1 Å². The second-order valence-corrected chi connectivity index (χ2v) is 9.87. The van der Waals surface area contributed by atoms with E-state index in [1.165, 1.54) is 23.3 Å². The van der Waals surface area contributed by atoms with Crippen LogP contribution in [0, 0.1) is 0 Å². The molecule has 0 aliphatic rings. The third kappa shape index (κ3) is 3.19. The average Bonchev–Trinajstić information content (AvgIpc) is 2.33. The van der Waals surface area contributed by atoms with Crippen molar-refractivity contribution in [2.45, 2.75) is 45.3 Å². The molecule has 17 heavy (non-hydrogen) atoms. The summed E-state index contributed by atoms with van der Waals surface area (Å²) in [6.45, 7) is 6.85. The lowest BCUT2D eigenvalue weighted by atomic mass is 10.2. The molecule has 0 atom stereocenters. The van der Waals surface area contributed by atoms with Crippen molar-refractivity contribution in [1.29, 1.82) is 0 Å². The van der Waals surface area contributed by atoms with Crippen molar-refractivity contribution < 1.29 is 9.90 Å². The molecule has 0 saturated carbocycles. The predicted molar refractivity (Wildman–Crippen MR) is 74.6 cm³/mol. The highest BCUT2D eigenvalue weighted by atomic mass is 28.3. The van der Waals surface area contributed by atoms with E-state index in [0.717, 1.165) is 5.56 Å². The molecule has 94 valence electrons. The number of carboxylic acid groups (broad SMARTS) is 1. The van der Waals surface area contributed by atoms with Crippen LogP contribution >= 0.6 is 0 Å². The van der Waals surface area contributed by atoms with E-state index in [4.69, 9.17) is 5.11 Å². The maximum atomic E-state index is 10.6. The SMILES string of the molecule is CC[Si](CC)(CC)c1ccc(CC(=O)O)cc1. The van der Waals surface area contributed by atoms with Gasteiger partial charge in [-0.2, -0.15) is 0 Å². The van der Waals surface area contributed by atoms with E-state index >= 15 is 0 Å². The summed E-state index contributed by atoms with van der Waals surface area (Å²) >= 11 is 0. The first-order valence-electron chi connectivity index (χ1n) is 6.39. The maximum absolute atomic E-state index is 10.6. The molecule has 0 aliphatic heterocycles. The van der Waals surface area contributed by atoms with Crippen LogP contribution in [0.25, 0.3) is 0 Å². The van der Waals surface area contributed by atoms with Crippen molar-refractivity contribution in [3.8, 4) is 0 Å². The van der Waals surface area contributed by atoms with Gasteiger partial charge in [0, 0.05) is 0 Å². The van der Waals surface area contributed by atoms with Gasteiger partial charge in [-0.05, 0) is 5.56 Å². The Morgan fingerprint density at radius 3 is 1.88 bits per heavy atom. The lowest BCUT2D eigenvalue weighted by Crippen LogP contribution is -2.45. The minimum atomic E-state index is -1.30. The number of rotatable bonds is 6. The Labute approximate surface area is 105 Å². The second-order valence-electron chi connectivity index (χ2n) is 4.61. The second kappa shape index (κ2) is 6.01. The minimum absolute atomic E-state index is 0.124. The minimum Gasteiger partial charge on any atom is -0.481 e. The fourth-order valence-electron chi connectivity index (χ4n) is 2.51. The van der Waals surface area contributed by atoms with E-state index in [1.54, 1.807) is 0 Å². The molecule has 0 amide bonds.